The van der Waals surface area contributed by atoms with Crippen molar-refractivity contribution in [2.24, 2.45) is 0 Å². The average Bonchev–Trinajstić information content (AvgIpc) is 2.58. The molecule has 2 nitrogen and oxygen atoms in total. The maximum atomic E-state index is 5.97. The Morgan fingerprint density at radius 3 is 2.35 bits per heavy atom. The Morgan fingerprint density at radius 2 is 1.70 bits per heavy atom. The van der Waals surface area contributed by atoms with Gasteiger partial charge in [-0.2, -0.15) is 0 Å². The van der Waals surface area contributed by atoms with Crippen molar-refractivity contribution in [3.63, 3.8) is 0 Å². The minimum Gasteiger partial charge on any atom is -0.493 e. The largest absolute Gasteiger partial charge is 0.493 e. The van der Waals surface area contributed by atoms with Crippen LogP contribution < -0.4 is 9.64 Å². The van der Waals surface area contributed by atoms with E-state index in [1.54, 1.807) is 0 Å². The van der Waals surface area contributed by atoms with E-state index >= 15 is 0 Å². The highest BCUT2D eigenvalue weighted by atomic mass is 16.5. The standard InChI is InChI=1S/C21H27NO/c1-5-6-9-16-23-21-11-8-7-10-20(21)17(2)18-12-14-19(15-13-18)22(3)4/h7-8,10-15H,2,5-6,9,16H2,1,3-4H3. The van der Waals surface area contributed by atoms with Crippen LogP contribution in [0.4, 0.5) is 5.69 Å². The van der Waals surface area contributed by atoms with Crippen LogP contribution in [0.25, 0.3) is 5.57 Å². The third kappa shape index (κ3) is 4.62. The second-order valence-corrected chi connectivity index (χ2v) is 5.97. The van der Waals surface area contributed by atoms with Crippen LogP contribution in [0.15, 0.2) is 55.1 Å². The van der Waals surface area contributed by atoms with Crippen LogP contribution in [-0.2, 0) is 0 Å². The van der Waals surface area contributed by atoms with Gasteiger partial charge >= 0.3 is 0 Å². The van der Waals surface area contributed by atoms with Gasteiger partial charge in [0.1, 0.15) is 5.75 Å². The van der Waals surface area contributed by atoms with Gasteiger partial charge in [-0.15, -0.1) is 0 Å². The first-order valence-electron chi connectivity index (χ1n) is 8.32. The van der Waals surface area contributed by atoms with E-state index in [0.717, 1.165) is 35.5 Å². The fraction of sp³-hybridized carbons (Fsp3) is 0.333. The number of nitrogens with zero attached hydrogens (tertiary/aromatic N) is 1. The van der Waals surface area contributed by atoms with E-state index in [1.807, 2.05) is 32.3 Å². The predicted octanol–water partition coefficient (Wildman–Crippen LogP) is 5.38. The summed E-state index contributed by atoms with van der Waals surface area (Å²) in [5.74, 6) is 0.922. The van der Waals surface area contributed by atoms with Gasteiger partial charge in [-0.1, -0.05) is 56.7 Å². The lowest BCUT2D eigenvalue weighted by Crippen LogP contribution is -2.08. The number of benzene rings is 2. The Morgan fingerprint density at radius 1 is 1.00 bits per heavy atom. The molecule has 0 aromatic heterocycles. The summed E-state index contributed by atoms with van der Waals surface area (Å²) in [5.41, 5.74) is 4.38. The molecular weight excluding hydrogens is 282 g/mol. The van der Waals surface area contributed by atoms with Crippen molar-refractivity contribution in [3.05, 3.63) is 66.2 Å². The molecule has 0 atom stereocenters. The monoisotopic (exact) mass is 309 g/mol. The first kappa shape index (κ1) is 17.1. The quantitative estimate of drug-likeness (QED) is 0.607. The number of unbranched alkanes of at least 4 members (excludes halogenated alkanes) is 2. The highest BCUT2D eigenvalue weighted by Crippen LogP contribution is 2.30. The normalized spacial score (nSPS) is 10.4. The first-order valence-corrected chi connectivity index (χ1v) is 8.32. The van der Waals surface area contributed by atoms with Crippen molar-refractivity contribution in [2.75, 3.05) is 25.6 Å². The minimum atomic E-state index is 0.762. The summed E-state index contributed by atoms with van der Waals surface area (Å²) in [7, 11) is 4.09. The lowest BCUT2D eigenvalue weighted by Gasteiger charge is -2.15. The summed E-state index contributed by atoms with van der Waals surface area (Å²) < 4.78 is 5.97. The fourth-order valence-electron chi connectivity index (χ4n) is 2.49. The molecule has 0 saturated carbocycles. The molecule has 23 heavy (non-hydrogen) atoms. The lowest BCUT2D eigenvalue weighted by atomic mass is 9.98. The third-order valence-corrected chi connectivity index (χ3v) is 3.95. The van der Waals surface area contributed by atoms with Crippen LogP contribution >= 0.6 is 0 Å². The van der Waals surface area contributed by atoms with Gasteiger partial charge in [-0.25, -0.2) is 0 Å². The highest BCUT2D eigenvalue weighted by molar-refractivity contribution is 5.81. The molecule has 0 bridgehead atoms. The number of ether oxygens (including phenoxy) is 1. The summed E-state index contributed by atoms with van der Waals surface area (Å²) in [5, 5.41) is 0. The van der Waals surface area contributed by atoms with E-state index in [4.69, 9.17) is 4.74 Å². The molecule has 0 fully saturated rings. The second kappa shape index (κ2) is 8.42. The van der Waals surface area contributed by atoms with Crippen molar-refractivity contribution in [3.8, 4) is 5.75 Å². The average molecular weight is 309 g/mol. The van der Waals surface area contributed by atoms with E-state index in [9.17, 15) is 0 Å². The zero-order valence-electron chi connectivity index (χ0n) is 14.5. The molecule has 2 rings (SSSR count). The van der Waals surface area contributed by atoms with E-state index in [2.05, 4.69) is 48.7 Å². The van der Waals surface area contributed by atoms with E-state index < -0.39 is 0 Å². The highest BCUT2D eigenvalue weighted by Gasteiger charge is 2.09. The Bertz CT molecular complexity index is 629. The molecule has 0 radical (unpaired) electrons. The van der Waals surface area contributed by atoms with Gasteiger partial charge in [0.15, 0.2) is 0 Å². The molecule has 2 aromatic carbocycles. The van der Waals surface area contributed by atoms with Crippen LogP contribution in [0.1, 0.15) is 37.3 Å². The SMILES string of the molecule is C=C(c1ccc(N(C)C)cc1)c1ccccc1OCCCCC. The molecule has 0 spiro atoms. The fourth-order valence-corrected chi connectivity index (χ4v) is 2.49. The minimum absolute atomic E-state index is 0.762. The molecule has 0 unspecified atom stereocenters. The number of rotatable bonds is 8. The molecule has 122 valence electrons. The van der Waals surface area contributed by atoms with Crippen LogP contribution in [0.3, 0.4) is 0 Å². The smallest absolute Gasteiger partial charge is 0.127 e. The maximum absolute atomic E-state index is 5.97. The van der Waals surface area contributed by atoms with Crippen molar-refractivity contribution < 1.29 is 4.74 Å². The van der Waals surface area contributed by atoms with E-state index in [0.29, 0.717) is 0 Å². The molecule has 2 heteroatoms. The van der Waals surface area contributed by atoms with Gasteiger partial charge < -0.3 is 9.64 Å². The van der Waals surface area contributed by atoms with Crippen molar-refractivity contribution in [1.29, 1.82) is 0 Å². The summed E-state index contributed by atoms with van der Waals surface area (Å²) in [6.45, 7) is 7.24. The van der Waals surface area contributed by atoms with Gasteiger partial charge in [-0.05, 0) is 35.8 Å². The van der Waals surface area contributed by atoms with E-state index in [1.165, 1.54) is 18.5 Å². The molecule has 0 N–H and O–H groups in total. The number of hydrogen-bond donors (Lipinski definition) is 0. The van der Waals surface area contributed by atoms with Crippen LogP contribution in [0.2, 0.25) is 0 Å². The lowest BCUT2D eigenvalue weighted by molar-refractivity contribution is 0.305. The number of para-hydroxylation sites is 1. The van der Waals surface area contributed by atoms with Crippen molar-refractivity contribution >= 4 is 11.3 Å². The van der Waals surface area contributed by atoms with Gasteiger partial charge in [-0.3, -0.25) is 0 Å². The van der Waals surface area contributed by atoms with E-state index in [-0.39, 0.29) is 0 Å². The van der Waals surface area contributed by atoms with Gasteiger partial charge in [0.25, 0.3) is 0 Å². The number of hydrogen-bond acceptors (Lipinski definition) is 2. The molecule has 0 aliphatic heterocycles. The van der Waals surface area contributed by atoms with Crippen molar-refractivity contribution in [1.82, 2.24) is 0 Å². The Kier molecular flexibility index (Phi) is 6.28. The molecule has 0 aliphatic rings. The Hall–Kier alpha value is -2.22. The zero-order chi connectivity index (χ0) is 16.7. The zero-order valence-corrected chi connectivity index (χ0v) is 14.5. The molecule has 0 heterocycles. The first-order chi connectivity index (χ1) is 11.1. The second-order valence-electron chi connectivity index (χ2n) is 5.97. The third-order valence-electron chi connectivity index (χ3n) is 3.95. The molecule has 0 amide bonds. The van der Waals surface area contributed by atoms with Crippen LogP contribution in [0.5, 0.6) is 5.75 Å². The number of anilines is 1. The van der Waals surface area contributed by atoms with Gasteiger partial charge in [0.05, 0.1) is 6.61 Å². The summed E-state index contributed by atoms with van der Waals surface area (Å²) >= 11 is 0. The maximum Gasteiger partial charge on any atom is 0.127 e. The van der Waals surface area contributed by atoms with Gasteiger partial charge in [0, 0.05) is 25.3 Å². The molecule has 0 aliphatic carbocycles. The van der Waals surface area contributed by atoms with Crippen LogP contribution in [-0.4, -0.2) is 20.7 Å². The topological polar surface area (TPSA) is 12.5 Å². The Balaban J connectivity index is 2.15. The summed E-state index contributed by atoms with van der Waals surface area (Å²) in [4.78, 5) is 2.09. The molecule has 2 aromatic rings. The van der Waals surface area contributed by atoms with Crippen LogP contribution in [0, 0.1) is 0 Å². The molecular formula is C21H27NO. The predicted molar refractivity (Wildman–Crippen MR) is 100 cm³/mol. The molecule has 0 saturated heterocycles. The Labute approximate surface area is 140 Å². The summed E-state index contributed by atoms with van der Waals surface area (Å²) in [6, 6.07) is 16.6. The van der Waals surface area contributed by atoms with Gasteiger partial charge in [0.2, 0.25) is 0 Å². The van der Waals surface area contributed by atoms with Crippen molar-refractivity contribution in [2.45, 2.75) is 26.2 Å². The summed E-state index contributed by atoms with van der Waals surface area (Å²) in [6.07, 6.45) is 3.50.